The van der Waals surface area contributed by atoms with Crippen LogP contribution in [0.3, 0.4) is 0 Å². The Morgan fingerprint density at radius 1 is 1.35 bits per heavy atom. The predicted octanol–water partition coefficient (Wildman–Crippen LogP) is 2.41. The number of thiocarbonyl (C=S) groups is 1. The Morgan fingerprint density at radius 3 is 2.75 bits per heavy atom. The summed E-state index contributed by atoms with van der Waals surface area (Å²) in [4.78, 5) is 16.2. The van der Waals surface area contributed by atoms with Crippen molar-refractivity contribution in [1.29, 1.82) is 0 Å². The summed E-state index contributed by atoms with van der Waals surface area (Å²) in [5, 5.41) is 2.80. The van der Waals surface area contributed by atoms with Crippen LogP contribution in [-0.2, 0) is 6.54 Å². The first-order valence-electron chi connectivity index (χ1n) is 5.85. The van der Waals surface area contributed by atoms with Crippen LogP contribution in [0.15, 0.2) is 47.1 Å². The summed E-state index contributed by atoms with van der Waals surface area (Å²) in [6.45, 7) is 0.441. The Balaban J connectivity index is 1.99. The molecule has 0 aliphatic heterocycles. The normalized spacial score (nSPS) is 10.1. The summed E-state index contributed by atoms with van der Waals surface area (Å²) in [6.07, 6.45) is 1.50. The van der Waals surface area contributed by atoms with Gasteiger partial charge in [-0.1, -0.05) is 40.3 Å². The summed E-state index contributed by atoms with van der Waals surface area (Å²) in [6, 6.07) is 11.0. The van der Waals surface area contributed by atoms with Gasteiger partial charge in [-0.3, -0.25) is 9.78 Å². The van der Waals surface area contributed by atoms with Crippen LogP contribution in [0, 0.1) is 0 Å². The standard InChI is InChI=1S/C14H12BrN3OS/c15-11-3-1-2-9(6-11)7-18-14(19)12-5-4-10(8-17-12)13(16)20/h1-6,8H,7H2,(H2,16,20)(H,18,19). The molecule has 20 heavy (non-hydrogen) atoms. The quantitative estimate of drug-likeness (QED) is 0.831. The maximum Gasteiger partial charge on any atom is 0.270 e. The molecule has 0 unspecified atom stereocenters. The number of halogens is 1. The predicted molar refractivity (Wildman–Crippen MR) is 85.4 cm³/mol. The van der Waals surface area contributed by atoms with Gasteiger partial charge in [-0.2, -0.15) is 0 Å². The molecule has 0 saturated heterocycles. The molecule has 3 N–H and O–H groups in total. The van der Waals surface area contributed by atoms with Gasteiger partial charge in [0.15, 0.2) is 0 Å². The van der Waals surface area contributed by atoms with Crippen molar-refractivity contribution in [2.75, 3.05) is 0 Å². The van der Waals surface area contributed by atoms with Gasteiger partial charge in [0, 0.05) is 22.8 Å². The van der Waals surface area contributed by atoms with Gasteiger partial charge in [0.1, 0.15) is 10.7 Å². The lowest BCUT2D eigenvalue weighted by Gasteiger charge is -2.06. The van der Waals surface area contributed by atoms with Crippen LogP contribution in [0.5, 0.6) is 0 Å². The SMILES string of the molecule is NC(=S)c1ccc(C(=O)NCc2cccc(Br)c2)nc1. The topological polar surface area (TPSA) is 68.0 Å². The van der Waals surface area contributed by atoms with E-state index in [4.69, 9.17) is 18.0 Å². The van der Waals surface area contributed by atoms with Crippen LogP contribution in [-0.4, -0.2) is 15.9 Å². The average Bonchev–Trinajstić information content (AvgIpc) is 2.45. The van der Waals surface area contributed by atoms with E-state index < -0.39 is 0 Å². The Kier molecular flexibility index (Phi) is 4.81. The number of amides is 1. The second-order valence-corrected chi connectivity index (χ2v) is 5.46. The number of carbonyl (C=O) groups is 1. The minimum absolute atomic E-state index is 0.237. The Labute approximate surface area is 130 Å². The molecule has 2 aromatic rings. The number of rotatable bonds is 4. The monoisotopic (exact) mass is 349 g/mol. The number of nitrogens with zero attached hydrogens (tertiary/aromatic N) is 1. The lowest BCUT2D eigenvalue weighted by Crippen LogP contribution is -2.24. The smallest absolute Gasteiger partial charge is 0.270 e. The van der Waals surface area contributed by atoms with Gasteiger partial charge >= 0.3 is 0 Å². The lowest BCUT2D eigenvalue weighted by atomic mass is 10.2. The molecule has 0 saturated carbocycles. The molecule has 0 radical (unpaired) electrons. The highest BCUT2D eigenvalue weighted by atomic mass is 79.9. The van der Waals surface area contributed by atoms with Crippen molar-refractivity contribution in [2.24, 2.45) is 5.73 Å². The molecule has 6 heteroatoms. The van der Waals surface area contributed by atoms with E-state index in [1.54, 1.807) is 12.1 Å². The lowest BCUT2D eigenvalue weighted by molar-refractivity contribution is 0.0946. The molecule has 4 nitrogen and oxygen atoms in total. The van der Waals surface area contributed by atoms with E-state index in [1.165, 1.54) is 6.20 Å². The van der Waals surface area contributed by atoms with Crippen LogP contribution >= 0.6 is 28.1 Å². The fourth-order valence-corrected chi connectivity index (χ4v) is 2.16. The third kappa shape index (κ3) is 3.85. The van der Waals surface area contributed by atoms with Crippen LogP contribution in [0.4, 0.5) is 0 Å². The third-order valence-corrected chi connectivity index (χ3v) is 3.35. The summed E-state index contributed by atoms with van der Waals surface area (Å²) in [7, 11) is 0. The molecule has 0 fully saturated rings. The molecule has 1 heterocycles. The highest BCUT2D eigenvalue weighted by Crippen LogP contribution is 2.11. The van der Waals surface area contributed by atoms with Crippen LogP contribution in [0.1, 0.15) is 21.6 Å². The summed E-state index contributed by atoms with van der Waals surface area (Å²) in [5.41, 5.74) is 7.46. The number of nitrogens with two attached hydrogens (primary N) is 1. The number of nitrogens with one attached hydrogen (secondary N) is 1. The van der Waals surface area contributed by atoms with E-state index in [2.05, 4.69) is 26.2 Å². The molecule has 1 aromatic heterocycles. The Morgan fingerprint density at radius 2 is 2.15 bits per heavy atom. The maximum atomic E-state index is 11.9. The van der Waals surface area contributed by atoms with Crippen molar-refractivity contribution in [3.05, 3.63) is 63.9 Å². The van der Waals surface area contributed by atoms with E-state index in [0.29, 0.717) is 17.8 Å². The van der Waals surface area contributed by atoms with Crippen molar-refractivity contribution < 1.29 is 4.79 Å². The van der Waals surface area contributed by atoms with Gasteiger partial charge in [0.05, 0.1) is 0 Å². The zero-order chi connectivity index (χ0) is 14.5. The fraction of sp³-hybridized carbons (Fsp3) is 0.0714. The molecular formula is C14H12BrN3OS. The number of benzene rings is 1. The Hall–Kier alpha value is -1.79. The van der Waals surface area contributed by atoms with Crippen molar-refractivity contribution in [3.8, 4) is 0 Å². The van der Waals surface area contributed by atoms with Crippen molar-refractivity contribution in [2.45, 2.75) is 6.54 Å². The highest BCUT2D eigenvalue weighted by Gasteiger charge is 2.07. The Bertz CT molecular complexity index is 643. The minimum Gasteiger partial charge on any atom is -0.389 e. The summed E-state index contributed by atoms with van der Waals surface area (Å²) < 4.78 is 0.975. The molecule has 102 valence electrons. The molecule has 0 aliphatic carbocycles. The largest absolute Gasteiger partial charge is 0.389 e. The minimum atomic E-state index is -0.237. The van der Waals surface area contributed by atoms with E-state index in [1.807, 2.05) is 24.3 Å². The first-order valence-corrected chi connectivity index (χ1v) is 7.05. The number of hydrogen-bond donors (Lipinski definition) is 2. The second kappa shape index (κ2) is 6.58. The molecule has 0 bridgehead atoms. The summed E-state index contributed by atoms with van der Waals surface area (Å²) >= 11 is 8.22. The third-order valence-electron chi connectivity index (χ3n) is 2.62. The molecular weight excluding hydrogens is 338 g/mol. The van der Waals surface area contributed by atoms with Crippen molar-refractivity contribution >= 4 is 39.0 Å². The van der Waals surface area contributed by atoms with Crippen molar-refractivity contribution in [1.82, 2.24) is 10.3 Å². The highest BCUT2D eigenvalue weighted by molar-refractivity contribution is 9.10. The second-order valence-electron chi connectivity index (χ2n) is 4.11. The zero-order valence-electron chi connectivity index (χ0n) is 10.5. The fourth-order valence-electron chi connectivity index (χ4n) is 1.59. The average molecular weight is 350 g/mol. The van der Waals surface area contributed by atoms with E-state index in [-0.39, 0.29) is 10.9 Å². The van der Waals surface area contributed by atoms with Gasteiger partial charge in [-0.05, 0) is 29.8 Å². The number of aromatic nitrogens is 1. The van der Waals surface area contributed by atoms with Gasteiger partial charge < -0.3 is 11.1 Å². The van der Waals surface area contributed by atoms with Gasteiger partial charge in [0.2, 0.25) is 0 Å². The maximum absolute atomic E-state index is 11.9. The van der Waals surface area contributed by atoms with E-state index in [9.17, 15) is 4.79 Å². The zero-order valence-corrected chi connectivity index (χ0v) is 12.9. The molecule has 0 spiro atoms. The number of carbonyl (C=O) groups excluding carboxylic acids is 1. The summed E-state index contributed by atoms with van der Waals surface area (Å²) in [5.74, 6) is -0.237. The van der Waals surface area contributed by atoms with Crippen LogP contribution in [0.25, 0.3) is 0 Å². The molecule has 2 rings (SSSR count). The van der Waals surface area contributed by atoms with Crippen molar-refractivity contribution in [3.63, 3.8) is 0 Å². The van der Waals surface area contributed by atoms with Gasteiger partial charge in [-0.15, -0.1) is 0 Å². The van der Waals surface area contributed by atoms with E-state index >= 15 is 0 Å². The first kappa shape index (κ1) is 14.6. The van der Waals surface area contributed by atoms with Gasteiger partial charge in [-0.25, -0.2) is 0 Å². The van der Waals surface area contributed by atoms with Crippen LogP contribution < -0.4 is 11.1 Å². The van der Waals surface area contributed by atoms with Crippen LogP contribution in [0.2, 0.25) is 0 Å². The molecule has 0 atom stereocenters. The molecule has 0 aliphatic rings. The molecule has 1 aromatic carbocycles. The number of pyridine rings is 1. The first-order chi connectivity index (χ1) is 9.56. The van der Waals surface area contributed by atoms with E-state index in [0.717, 1.165) is 10.0 Å². The van der Waals surface area contributed by atoms with Gasteiger partial charge in [0.25, 0.3) is 5.91 Å². The molecule has 1 amide bonds. The number of hydrogen-bond acceptors (Lipinski definition) is 3.